The number of benzene rings is 3. The van der Waals surface area contributed by atoms with Crippen molar-refractivity contribution < 1.29 is 14.6 Å². The lowest BCUT2D eigenvalue weighted by molar-refractivity contribution is 0.142. The van der Waals surface area contributed by atoms with Crippen molar-refractivity contribution in [2.75, 3.05) is 6.61 Å². The molecule has 0 heterocycles. The zero-order valence-corrected chi connectivity index (χ0v) is 16.1. The zero-order valence-electron chi connectivity index (χ0n) is 14.5. The van der Waals surface area contributed by atoms with Crippen molar-refractivity contribution in [3.05, 3.63) is 87.9 Å². The summed E-state index contributed by atoms with van der Waals surface area (Å²) < 4.78 is 6.11. The van der Waals surface area contributed by atoms with Gasteiger partial charge in [-0.2, -0.15) is 0 Å². The first-order valence-electron chi connectivity index (χ1n) is 8.69. The third-order valence-electron chi connectivity index (χ3n) is 4.79. The van der Waals surface area contributed by atoms with Gasteiger partial charge in [-0.1, -0.05) is 54.6 Å². The van der Waals surface area contributed by atoms with Crippen LogP contribution < -0.4 is 5.32 Å². The lowest BCUT2D eigenvalue weighted by Gasteiger charge is -2.14. The average Bonchev–Trinajstić information content (AvgIpc) is 3.01. The highest BCUT2D eigenvalue weighted by atomic mass is 79.9. The van der Waals surface area contributed by atoms with Crippen LogP contribution in [0.3, 0.4) is 0 Å². The Morgan fingerprint density at radius 1 is 1.00 bits per heavy atom. The highest BCUT2D eigenvalue weighted by Gasteiger charge is 2.28. The number of alkyl carbamates (subject to hydrolysis) is 1. The number of carbonyl (C=O) groups excluding carboxylic acids is 1. The Balaban J connectivity index is 1.41. The van der Waals surface area contributed by atoms with Gasteiger partial charge in [0.05, 0.1) is 4.47 Å². The number of rotatable bonds is 4. The van der Waals surface area contributed by atoms with Crippen molar-refractivity contribution >= 4 is 22.0 Å². The molecule has 0 atom stereocenters. The molecular formula is C22H18BrNO3. The molecule has 2 N–H and O–H groups in total. The predicted octanol–water partition coefficient (Wildman–Crippen LogP) is 5.19. The minimum Gasteiger partial charge on any atom is -0.507 e. The van der Waals surface area contributed by atoms with Gasteiger partial charge >= 0.3 is 6.09 Å². The highest BCUT2D eigenvalue weighted by molar-refractivity contribution is 9.10. The summed E-state index contributed by atoms with van der Waals surface area (Å²) in [7, 11) is 0. The smallest absolute Gasteiger partial charge is 0.407 e. The Labute approximate surface area is 165 Å². The predicted molar refractivity (Wildman–Crippen MR) is 108 cm³/mol. The molecule has 0 spiro atoms. The van der Waals surface area contributed by atoms with Gasteiger partial charge in [0.25, 0.3) is 0 Å². The average molecular weight is 424 g/mol. The van der Waals surface area contributed by atoms with Crippen molar-refractivity contribution in [3.63, 3.8) is 0 Å². The summed E-state index contributed by atoms with van der Waals surface area (Å²) in [5.41, 5.74) is 5.57. The molecule has 1 amide bonds. The van der Waals surface area contributed by atoms with E-state index in [0.29, 0.717) is 4.47 Å². The first-order chi connectivity index (χ1) is 13.1. The molecular weight excluding hydrogens is 406 g/mol. The van der Waals surface area contributed by atoms with E-state index in [2.05, 4.69) is 45.5 Å². The van der Waals surface area contributed by atoms with E-state index in [-0.39, 0.29) is 24.8 Å². The minimum atomic E-state index is -0.473. The monoisotopic (exact) mass is 423 g/mol. The third kappa shape index (κ3) is 3.55. The quantitative estimate of drug-likeness (QED) is 0.606. The van der Waals surface area contributed by atoms with E-state index < -0.39 is 6.09 Å². The van der Waals surface area contributed by atoms with Gasteiger partial charge in [0.15, 0.2) is 0 Å². The molecule has 27 heavy (non-hydrogen) atoms. The maximum Gasteiger partial charge on any atom is 0.407 e. The normalized spacial score (nSPS) is 12.3. The van der Waals surface area contributed by atoms with Gasteiger partial charge in [-0.05, 0) is 55.9 Å². The highest BCUT2D eigenvalue weighted by Crippen LogP contribution is 2.44. The third-order valence-corrected chi connectivity index (χ3v) is 5.46. The molecule has 0 unspecified atom stereocenters. The Kier molecular flexibility index (Phi) is 4.86. The van der Waals surface area contributed by atoms with Crippen LogP contribution in [-0.4, -0.2) is 17.8 Å². The molecule has 1 aliphatic carbocycles. The number of amides is 1. The molecule has 0 radical (unpaired) electrons. The van der Waals surface area contributed by atoms with Gasteiger partial charge in [-0.15, -0.1) is 0 Å². The number of halogens is 1. The van der Waals surface area contributed by atoms with Crippen LogP contribution in [0.1, 0.15) is 22.6 Å². The van der Waals surface area contributed by atoms with Crippen LogP contribution in [0.15, 0.2) is 71.2 Å². The Hall–Kier alpha value is -2.79. The number of ether oxygens (including phenoxy) is 1. The summed E-state index contributed by atoms with van der Waals surface area (Å²) in [6.07, 6.45) is -0.473. The van der Waals surface area contributed by atoms with Crippen LogP contribution in [0.4, 0.5) is 4.79 Å². The molecule has 0 aromatic heterocycles. The van der Waals surface area contributed by atoms with E-state index in [9.17, 15) is 9.90 Å². The summed E-state index contributed by atoms with van der Waals surface area (Å²) in [5.74, 6) is 0.182. The molecule has 5 heteroatoms. The van der Waals surface area contributed by atoms with Crippen LogP contribution in [0.25, 0.3) is 11.1 Å². The summed E-state index contributed by atoms with van der Waals surface area (Å²) >= 11 is 3.24. The summed E-state index contributed by atoms with van der Waals surface area (Å²) in [6.45, 7) is 0.572. The number of fused-ring (bicyclic) bond motifs is 3. The fourth-order valence-corrected chi connectivity index (χ4v) is 3.74. The lowest BCUT2D eigenvalue weighted by Crippen LogP contribution is -2.25. The Morgan fingerprint density at radius 2 is 1.63 bits per heavy atom. The second-order valence-corrected chi connectivity index (χ2v) is 7.32. The van der Waals surface area contributed by atoms with Crippen LogP contribution in [0, 0.1) is 0 Å². The van der Waals surface area contributed by atoms with E-state index in [0.717, 1.165) is 5.56 Å². The van der Waals surface area contributed by atoms with Crippen molar-refractivity contribution in [2.45, 2.75) is 12.5 Å². The molecule has 4 nitrogen and oxygen atoms in total. The number of phenols is 1. The largest absolute Gasteiger partial charge is 0.507 e. The summed E-state index contributed by atoms with van der Waals surface area (Å²) in [6, 6.07) is 21.6. The molecule has 0 aliphatic heterocycles. The summed E-state index contributed by atoms with van der Waals surface area (Å²) in [4.78, 5) is 12.1. The first kappa shape index (κ1) is 17.6. The van der Waals surface area contributed by atoms with E-state index in [1.54, 1.807) is 12.1 Å². The minimum absolute atomic E-state index is 0.0416. The van der Waals surface area contributed by atoms with Gasteiger partial charge < -0.3 is 15.2 Å². The number of aromatic hydroxyl groups is 1. The van der Waals surface area contributed by atoms with Crippen molar-refractivity contribution in [1.29, 1.82) is 0 Å². The van der Waals surface area contributed by atoms with Crippen LogP contribution in [-0.2, 0) is 11.3 Å². The number of hydrogen-bond donors (Lipinski definition) is 2. The fraction of sp³-hybridized carbons (Fsp3) is 0.136. The molecule has 0 saturated heterocycles. The Morgan fingerprint density at radius 3 is 2.26 bits per heavy atom. The number of phenolic OH excluding ortho intramolecular Hbond substituents is 1. The van der Waals surface area contributed by atoms with Gasteiger partial charge in [-0.25, -0.2) is 4.79 Å². The second-order valence-electron chi connectivity index (χ2n) is 6.46. The van der Waals surface area contributed by atoms with Crippen molar-refractivity contribution in [2.24, 2.45) is 0 Å². The van der Waals surface area contributed by atoms with Crippen molar-refractivity contribution in [3.8, 4) is 16.9 Å². The standard InChI is InChI=1S/C22H18BrNO3/c23-20-10-9-14(11-21(20)25)12-24-22(26)27-13-19-17-7-3-1-5-15(17)16-6-2-4-8-18(16)19/h1-11,19,25H,12-13H2,(H,24,26). The summed E-state index contributed by atoms with van der Waals surface area (Å²) in [5, 5.41) is 12.4. The molecule has 0 fully saturated rings. The molecule has 3 aromatic carbocycles. The van der Waals surface area contributed by atoms with Crippen LogP contribution in [0.2, 0.25) is 0 Å². The molecule has 0 bridgehead atoms. The maximum absolute atomic E-state index is 12.1. The molecule has 4 rings (SSSR count). The van der Waals surface area contributed by atoms with E-state index in [1.165, 1.54) is 22.3 Å². The number of nitrogens with one attached hydrogen (secondary N) is 1. The van der Waals surface area contributed by atoms with Crippen LogP contribution >= 0.6 is 15.9 Å². The SMILES string of the molecule is O=C(NCc1ccc(Br)c(O)c1)OCC1c2ccccc2-c2ccccc21. The molecule has 0 saturated carbocycles. The second kappa shape index (κ2) is 7.45. The van der Waals surface area contributed by atoms with Crippen LogP contribution in [0.5, 0.6) is 5.75 Å². The zero-order chi connectivity index (χ0) is 18.8. The number of carbonyl (C=O) groups is 1. The molecule has 3 aromatic rings. The van der Waals surface area contributed by atoms with E-state index >= 15 is 0 Å². The molecule has 136 valence electrons. The van der Waals surface area contributed by atoms with Gasteiger partial charge in [0.1, 0.15) is 12.4 Å². The van der Waals surface area contributed by atoms with E-state index in [4.69, 9.17) is 4.74 Å². The number of hydrogen-bond acceptors (Lipinski definition) is 3. The Bertz CT molecular complexity index is 957. The lowest BCUT2D eigenvalue weighted by atomic mass is 9.98. The van der Waals surface area contributed by atoms with Gasteiger partial charge in [0.2, 0.25) is 0 Å². The topological polar surface area (TPSA) is 58.6 Å². The van der Waals surface area contributed by atoms with Gasteiger partial charge in [-0.3, -0.25) is 0 Å². The van der Waals surface area contributed by atoms with Gasteiger partial charge in [0, 0.05) is 12.5 Å². The first-order valence-corrected chi connectivity index (χ1v) is 9.49. The molecule has 1 aliphatic rings. The fourth-order valence-electron chi connectivity index (χ4n) is 3.49. The van der Waals surface area contributed by atoms with Crippen molar-refractivity contribution in [1.82, 2.24) is 5.32 Å². The maximum atomic E-state index is 12.1. The van der Waals surface area contributed by atoms with E-state index in [1.807, 2.05) is 30.3 Å².